The van der Waals surface area contributed by atoms with Crippen LogP contribution in [0.15, 0.2) is 41.5 Å². The van der Waals surface area contributed by atoms with E-state index in [0.29, 0.717) is 11.8 Å². The van der Waals surface area contributed by atoms with Gasteiger partial charge in [0.2, 0.25) is 0 Å². The largest absolute Gasteiger partial charge is 0.479 e. The first-order chi connectivity index (χ1) is 13.2. The molecule has 0 aromatic heterocycles. The molecule has 2 rings (SSSR count). The number of aliphatic carboxylic acids is 1. The molecule has 0 saturated heterocycles. The Morgan fingerprint density at radius 1 is 1.18 bits per heavy atom. The lowest BCUT2D eigenvalue weighted by Gasteiger charge is -2.09. The Hall–Kier alpha value is -4.02. The molecular weight excluding hydrogens is 372 g/mol. The van der Waals surface area contributed by atoms with Crippen molar-refractivity contribution < 1.29 is 24.5 Å². The lowest BCUT2D eigenvalue weighted by atomic mass is 10.1. The minimum absolute atomic E-state index is 0.177. The first-order valence-corrected chi connectivity index (χ1v) is 7.88. The number of carboxylic acids is 1. The third-order valence-corrected chi connectivity index (χ3v) is 3.70. The van der Waals surface area contributed by atoms with Gasteiger partial charge in [-0.25, -0.2) is 4.79 Å². The fourth-order valence-corrected chi connectivity index (χ4v) is 2.38. The zero-order valence-electron chi connectivity index (χ0n) is 14.9. The second-order valence-electron chi connectivity index (χ2n) is 5.66. The number of hydrogen-bond donors (Lipinski definition) is 2. The van der Waals surface area contributed by atoms with E-state index in [1.807, 2.05) is 31.2 Å². The Morgan fingerprint density at radius 2 is 1.82 bits per heavy atom. The van der Waals surface area contributed by atoms with Gasteiger partial charge in [-0.2, -0.15) is 5.10 Å². The van der Waals surface area contributed by atoms with Crippen molar-refractivity contribution in [2.24, 2.45) is 5.10 Å². The van der Waals surface area contributed by atoms with Gasteiger partial charge < -0.3 is 9.84 Å². The highest BCUT2D eigenvalue weighted by molar-refractivity contribution is 6.00. The predicted molar refractivity (Wildman–Crippen MR) is 99.9 cm³/mol. The van der Waals surface area contributed by atoms with E-state index in [1.54, 1.807) is 6.92 Å². The van der Waals surface area contributed by atoms with E-state index in [0.717, 1.165) is 17.2 Å². The van der Waals surface area contributed by atoms with Crippen LogP contribution in [-0.2, 0) is 4.79 Å². The highest BCUT2D eigenvalue weighted by atomic mass is 16.6. The van der Waals surface area contributed by atoms with Crippen molar-refractivity contribution in [3.05, 3.63) is 67.8 Å². The maximum absolute atomic E-state index is 11.3. The van der Waals surface area contributed by atoms with Crippen molar-refractivity contribution in [1.29, 1.82) is 0 Å². The maximum Gasteiger partial charge on any atom is 0.341 e. The molecule has 0 atom stereocenters. The van der Waals surface area contributed by atoms with Crippen LogP contribution in [0.1, 0.15) is 18.1 Å². The number of nitro groups is 2. The lowest BCUT2D eigenvalue weighted by Crippen LogP contribution is -2.11. The second kappa shape index (κ2) is 8.58. The van der Waals surface area contributed by atoms with Crippen LogP contribution in [0.4, 0.5) is 17.1 Å². The average Bonchev–Trinajstić information content (AvgIpc) is 2.64. The number of benzene rings is 2. The van der Waals surface area contributed by atoms with Crippen LogP contribution in [0.2, 0.25) is 0 Å². The van der Waals surface area contributed by atoms with E-state index >= 15 is 0 Å². The Balaban J connectivity index is 2.46. The Kier molecular flexibility index (Phi) is 6.22. The monoisotopic (exact) mass is 388 g/mol. The van der Waals surface area contributed by atoms with Gasteiger partial charge in [-0.3, -0.25) is 25.7 Å². The minimum Gasteiger partial charge on any atom is -0.479 e. The molecule has 0 spiro atoms. The maximum atomic E-state index is 11.3. The van der Waals surface area contributed by atoms with Crippen LogP contribution in [0.25, 0.3) is 0 Å². The molecule has 0 aliphatic heterocycles. The zero-order valence-corrected chi connectivity index (χ0v) is 14.9. The summed E-state index contributed by atoms with van der Waals surface area (Å²) < 4.78 is 4.89. The minimum atomic E-state index is -1.35. The highest BCUT2D eigenvalue weighted by Crippen LogP contribution is 2.37. The Labute approximate surface area is 158 Å². The fraction of sp³-hybridized carbons (Fsp3) is 0.176. The van der Waals surface area contributed by atoms with Gasteiger partial charge in [0.25, 0.3) is 0 Å². The molecular formula is C17H16N4O7. The van der Waals surface area contributed by atoms with Crippen molar-refractivity contribution in [3.63, 3.8) is 0 Å². The quantitative estimate of drug-likeness (QED) is 0.396. The van der Waals surface area contributed by atoms with Gasteiger partial charge in [-0.05, 0) is 19.4 Å². The summed E-state index contributed by atoms with van der Waals surface area (Å²) in [4.78, 5) is 31.4. The molecule has 0 fully saturated rings. The number of aryl methyl sites for hydroxylation is 1. The number of ether oxygens (including phenoxy) is 1. The molecule has 0 radical (unpaired) electrons. The summed E-state index contributed by atoms with van der Waals surface area (Å²) in [6, 6.07) is 9.04. The molecule has 0 heterocycles. The zero-order chi connectivity index (χ0) is 20.8. The fourth-order valence-electron chi connectivity index (χ4n) is 2.38. The normalized spacial score (nSPS) is 11.0. The number of nitrogens with one attached hydrogen (secondary N) is 1. The van der Waals surface area contributed by atoms with Crippen LogP contribution < -0.4 is 10.2 Å². The topological polar surface area (TPSA) is 157 Å². The van der Waals surface area contributed by atoms with E-state index in [1.165, 1.54) is 0 Å². The van der Waals surface area contributed by atoms with Gasteiger partial charge in [-0.15, -0.1) is 0 Å². The number of hydrogen-bond acceptors (Lipinski definition) is 8. The Morgan fingerprint density at radius 3 is 2.39 bits per heavy atom. The van der Waals surface area contributed by atoms with E-state index in [2.05, 4.69) is 10.5 Å². The van der Waals surface area contributed by atoms with Crippen molar-refractivity contribution in [2.45, 2.75) is 13.8 Å². The summed E-state index contributed by atoms with van der Waals surface area (Å²) in [5, 5.41) is 35.3. The number of carboxylic acid groups (broad SMARTS) is 1. The number of hydrazone groups is 1. The number of carbonyl (C=O) groups is 1. The van der Waals surface area contributed by atoms with Crippen molar-refractivity contribution in [2.75, 3.05) is 12.0 Å². The number of rotatable bonds is 8. The first kappa shape index (κ1) is 20.3. The van der Waals surface area contributed by atoms with Crippen LogP contribution in [-0.4, -0.2) is 33.2 Å². The Bertz CT molecular complexity index is 972. The van der Waals surface area contributed by atoms with Crippen LogP contribution in [0.3, 0.4) is 0 Å². The molecule has 2 N–H and O–H groups in total. The lowest BCUT2D eigenvalue weighted by molar-refractivity contribution is -0.394. The van der Waals surface area contributed by atoms with Gasteiger partial charge in [0.1, 0.15) is 11.8 Å². The van der Waals surface area contributed by atoms with E-state index in [-0.39, 0.29) is 5.69 Å². The van der Waals surface area contributed by atoms with E-state index in [4.69, 9.17) is 9.84 Å². The summed E-state index contributed by atoms with van der Waals surface area (Å²) in [7, 11) is 0. The first-order valence-electron chi connectivity index (χ1n) is 7.88. The summed E-state index contributed by atoms with van der Waals surface area (Å²) >= 11 is 0. The molecule has 0 aliphatic carbocycles. The van der Waals surface area contributed by atoms with Crippen LogP contribution in [0.5, 0.6) is 5.75 Å². The third-order valence-electron chi connectivity index (χ3n) is 3.70. The second-order valence-corrected chi connectivity index (χ2v) is 5.66. The molecule has 0 amide bonds. The smallest absolute Gasteiger partial charge is 0.341 e. The molecule has 0 saturated carbocycles. The van der Waals surface area contributed by atoms with Gasteiger partial charge >= 0.3 is 17.3 Å². The molecule has 0 bridgehead atoms. The summed E-state index contributed by atoms with van der Waals surface area (Å²) in [5.74, 6) is -1.78. The number of anilines is 1. The SMILES string of the molecule is C/C(=N/Nc1cc(OCC(=O)O)c([N+](=O)[O-])cc1[N+](=O)[O-])c1ccccc1C. The summed E-state index contributed by atoms with van der Waals surface area (Å²) in [6.45, 7) is 2.72. The van der Waals surface area contributed by atoms with Gasteiger partial charge in [0.05, 0.1) is 15.6 Å². The van der Waals surface area contributed by atoms with Gasteiger partial charge in [0.15, 0.2) is 12.4 Å². The van der Waals surface area contributed by atoms with Crippen LogP contribution >= 0.6 is 0 Å². The van der Waals surface area contributed by atoms with E-state index < -0.39 is 39.5 Å². The third kappa shape index (κ3) is 4.78. The number of nitrogens with zero attached hydrogens (tertiary/aromatic N) is 3. The molecule has 28 heavy (non-hydrogen) atoms. The van der Waals surface area contributed by atoms with Crippen molar-refractivity contribution >= 4 is 28.7 Å². The standard InChI is InChI=1S/C17H16N4O7/c1-10-5-3-4-6-12(10)11(2)18-19-13-7-16(28-9-17(22)23)15(21(26)27)8-14(13)20(24)25/h3-8,19H,9H2,1-2H3,(H,22,23)/b18-11-. The summed E-state index contributed by atoms with van der Waals surface area (Å²) in [6.07, 6.45) is 0. The van der Waals surface area contributed by atoms with Crippen molar-refractivity contribution in [1.82, 2.24) is 0 Å². The molecule has 2 aromatic carbocycles. The van der Waals surface area contributed by atoms with E-state index in [9.17, 15) is 25.0 Å². The molecule has 0 unspecified atom stereocenters. The predicted octanol–water partition coefficient (Wildman–Crippen LogP) is 3.11. The molecule has 11 nitrogen and oxygen atoms in total. The van der Waals surface area contributed by atoms with Gasteiger partial charge in [-0.1, -0.05) is 24.3 Å². The van der Waals surface area contributed by atoms with Crippen LogP contribution in [0, 0.1) is 27.2 Å². The summed E-state index contributed by atoms with van der Waals surface area (Å²) in [5.41, 5.74) is 3.28. The molecule has 0 aliphatic rings. The molecule has 146 valence electrons. The number of nitro benzene ring substituents is 2. The average molecular weight is 388 g/mol. The van der Waals surface area contributed by atoms with Crippen molar-refractivity contribution in [3.8, 4) is 5.75 Å². The highest BCUT2D eigenvalue weighted by Gasteiger charge is 2.26. The van der Waals surface area contributed by atoms with Gasteiger partial charge in [0, 0.05) is 11.6 Å². The molecule has 2 aromatic rings. The molecule has 11 heteroatoms.